The highest BCUT2D eigenvalue weighted by Crippen LogP contribution is 2.07. The van der Waals surface area contributed by atoms with E-state index in [1.165, 1.54) is 5.56 Å². The molecule has 0 aromatic heterocycles. The van der Waals surface area contributed by atoms with Crippen molar-refractivity contribution in [1.82, 2.24) is 4.90 Å². The molecule has 0 radical (unpaired) electrons. The van der Waals surface area contributed by atoms with E-state index >= 15 is 0 Å². The van der Waals surface area contributed by atoms with Crippen LogP contribution in [0.15, 0.2) is 30.3 Å². The zero-order chi connectivity index (χ0) is 14.3. The Hall–Kier alpha value is -1.35. The summed E-state index contributed by atoms with van der Waals surface area (Å²) in [6.07, 6.45) is 2.58. The maximum Gasteiger partial charge on any atom is 0.239 e. The summed E-state index contributed by atoms with van der Waals surface area (Å²) in [7, 11) is 1.84. The van der Waals surface area contributed by atoms with Gasteiger partial charge in [0, 0.05) is 13.6 Å². The fourth-order valence-corrected chi connectivity index (χ4v) is 1.94. The molecule has 0 heterocycles. The molecule has 3 nitrogen and oxygen atoms in total. The maximum absolute atomic E-state index is 12.1. The largest absolute Gasteiger partial charge is 0.344 e. The van der Waals surface area contributed by atoms with Gasteiger partial charge in [0.1, 0.15) is 0 Å². The van der Waals surface area contributed by atoms with E-state index in [1.807, 2.05) is 25.2 Å². The fourth-order valence-electron chi connectivity index (χ4n) is 1.94. The number of hydrogen-bond donors (Lipinski definition) is 1. The van der Waals surface area contributed by atoms with Gasteiger partial charge in [0.15, 0.2) is 0 Å². The molecule has 0 aliphatic carbocycles. The summed E-state index contributed by atoms with van der Waals surface area (Å²) in [6.45, 7) is 5.11. The summed E-state index contributed by atoms with van der Waals surface area (Å²) < 4.78 is 0. The molecule has 2 N–H and O–H groups in total. The molecule has 0 saturated heterocycles. The van der Waals surface area contributed by atoms with E-state index < -0.39 is 6.04 Å². The van der Waals surface area contributed by atoms with Gasteiger partial charge in [-0.05, 0) is 30.7 Å². The van der Waals surface area contributed by atoms with Crippen molar-refractivity contribution in [2.45, 2.75) is 39.2 Å². The van der Waals surface area contributed by atoms with Crippen LogP contribution in [0.5, 0.6) is 0 Å². The van der Waals surface area contributed by atoms with Crippen LogP contribution in [0.2, 0.25) is 0 Å². The predicted octanol–water partition coefficient (Wildman–Crippen LogP) is 2.45. The standard InChI is InChI=1S/C16H26N2O/c1-13(2)11-12-18(3)16(19)15(17)10-9-14-7-5-4-6-8-14/h4-8,13,15H,9-12,17H2,1-3H3. The van der Waals surface area contributed by atoms with Gasteiger partial charge in [-0.2, -0.15) is 0 Å². The monoisotopic (exact) mass is 262 g/mol. The van der Waals surface area contributed by atoms with Crippen molar-refractivity contribution in [2.24, 2.45) is 11.7 Å². The number of benzene rings is 1. The number of carbonyl (C=O) groups is 1. The molecule has 0 saturated carbocycles. The second kappa shape index (κ2) is 7.95. The van der Waals surface area contributed by atoms with Crippen LogP contribution in [-0.4, -0.2) is 30.4 Å². The Labute approximate surface area is 116 Å². The Morgan fingerprint density at radius 3 is 2.42 bits per heavy atom. The van der Waals surface area contributed by atoms with Gasteiger partial charge in [0.25, 0.3) is 0 Å². The number of hydrogen-bond acceptors (Lipinski definition) is 2. The highest BCUT2D eigenvalue weighted by Gasteiger charge is 2.17. The third-order valence-corrected chi connectivity index (χ3v) is 3.32. The zero-order valence-corrected chi connectivity index (χ0v) is 12.3. The van der Waals surface area contributed by atoms with Crippen LogP contribution in [0.25, 0.3) is 0 Å². The van der Waals surface area contributed by atoms with Crippen molar-refractivity contribution in [1.29, 1.82) is 0 Å². The first kappa shape index (κ1) is 15.7. The lowest BCUT2D eigenvalue weighted by atomic mass is 10.0. The first-order valence-corrected chi connectivity index (χ1v) is 7.05. The molecule has 0 aliphatic heterocycles. The molecule has 0 bridgehead atoms. The second-order valence-corrected chi connectivity index (χ2v) is 5.57. The van der Waals surface area contributed by atoms with Crippen molar-refractivity contribution in [2.75, 3.05) is 13.6 Å². The minimum Gasteiger partial charge on any atom is -0.344 e. The molecule has 1 amide bonds. The molecule has 1 atom stereocenters. The van der Waals surface area contributed by atoms with Gasteiger partial charge in [-0.25, -0.2) is 0 Å². The number of aryl methyl sites for hydroxylation is 1. The topological polar surface area (TPSA) is 46.3 Å². The molecule has 0 aliphatic rings. The summed E-state index contributed by atoms with van der Waals surface area (Å²) in [6, 6.07) is 9.76. The number of amides is 1. The van der Waals surface area contributed by atoms with Gasteiger partial charge in [-0.3, -0.25) is 4.79 Å². The van der Waals surface area contributed by atoms with Crippen molar-refractivity contribution < 1.29 is 4.79 Å². The molecular weight excluding hydrogens is 236 g/mol. The van der Waals surface area contributed by atoms with E-state index in [0.717, 1.165) is 19.4 Å². The average Bonchev–Trinajstić information content (AvgIpc) is 2.42. The minimum atomic E-state index is -0.391. The maximum atomic E-state index is 12.1. The molecular formula is C16H26N2O. The SMILES string of the molecule is CC(C)CCN(C)C(=O)C(N)CCc1ccccc1. The minimum absolute atomic E-state index is 0.0524. The van der Waals surface area contributed by atoms with Crippen LogP contribution in [0.4, 0.5) is 0 Å². The van der Waals surface area contributed by atoms with Crippen molar-refractivity contribution in [3.8, 4) is 0 Å². The summed E-state index contributed by atoms with van der Waals surface area (Å²) in [4.78, 5) is 13.8. The summed E-state index contributed by atoms with van der Waals surface area (Å²) in [5.41, 5.74) is 7.21. The van der Waals surface area contributed by atoms with Crippen molar-refractivity contribution >= 4 is 5.91 Å². The average molecular weight is 262 g/mol. The van der Waals surface area contributed by atoms with Gasteiger partial charge in [-0.1, -0.05) is 44.2 Å². The molecule has 106 valence electrons. The van der Waals surface area contributed by atoms with E-state index in [0.29, 0.717) is 12.3 Å². The first-order chi connectivity index (χ1) is 9.00. The Balaban J connectivity index is 2.36. The van der Waals surface area contributed by atoms with E-state index in [1.54, 1.807) is 4.90 Å². The second-order valence-electron chi connectivity index (χ2n) is 5.57. The summed E-state index contributed by atoms with van der Waals surface area (Å²) in [5.74, 6) is 0.660. The number of rotatable bonds is 7. The zero-order valence-electron chi connectivity index (χ0n) is 12.3. The molecule has 0 spiro atoms. The van der Waals surface area contributed by atoms with Gasteiger partial charge in [-0.15, -0.1) is 0 Å². The molecule has 1 unspecified atom stereocenters. The van der Waals surface area contributed by atoms with Crippen molar-refractivity contribution in [3.63, 3.8) is 0 Å². The highest BCUT2D eigenvalue weighted by atomic mass is 16.2. The lowest BCUT2D eigenvalue weighted by molar-refractivity contribution is -0.131. The van der Waals surface area contributed by atoms with Crippen LogP contribution in [0.1, 0.15) is 32.3 Å². The van der Waals surface area contributed by atoms with Crippen molar-refractivity contribution in [3.05, 3.63) is 35.9 Å². The Morgan fingerprint density at radius 2 is 1.84 bits per heavy atom. The normalized spacial score (nSPS) is 12.5. The van der Waals surface area contributed by atoms with Gasteiger partial charge in [0.2, 0.25) is 5.91 Å². The Bertz CT molecular complexity index is 376. The van der Waals surface area contributed by atoms with Crippen LogP contribution in [0, 0.1) is 5.92 Å². The molecule has 19 heavy (non-hydrogen) atoms. The molecule has 0 fully saturated rings. The molecule has 3 heteroatoms. The number of nitrogens with two attached hydrogens (primary N) is 1. The molecule has 1 aromatic rings. The Kier molecular flexibility index (Phi) is 6.57. The first-order valence-electron chi connectivity index (χ1n) is 7.05. The van der Waals surface area contributed by atoms with E-state index in [4.69, 9.17) is 5.73 Å². The van der Waals surface area contributed by atoms with Gasteiger partial charge in [0.05, 0.1) is 6.04 Å². The van der Waals surface area contributed by atoms with Crippen LogP contribution >= 0.6 is 0 Å². The number of nitrogens with zero attached hydrogens (tertiary/aromatic N) is 1. The van der Waals surface area contributed by atoms with Crippen LogP contribution in [-0.2, 0) is 11.2 Å². The Morgan fingerprint density at radius 1 is 1.21 bits per heavy atom. The third kappa shape index (κ3) is 5.88. The lowest BCUT2D eigenvalue weighted by Gasteiger charge is -2.22. The quantitative estimate of drug-likeness (QED) is 0.820. The molecule has 1 rings (SSSR count). The fraction of sp³-hybridized carbons (Fsp3) is 0.562. The third-order valence-electron chi connectivity index (χ3n) is 3.32. The number of carbonyl (C=O) groups excluding carboxylic acids is 1. The van der Waals surface area contributed by atoms with Gasteiger partial charge < -0.3 is 10.6 Å². The molecule has 1 aromatic carbocycles. The van der Waals surface area contributed by atoms with Gasteiger partial charge >= 0.3 is 0 Å². The smallest absolute Gasteiger partial charge is 0.239 e. The lowest BCUT2D eigenvalue weighted by Crippen LogP contribution is -2.42. The number of likely N-dealkylation sites (N-methyl/N-ethyl adjacent to an activating group) is 1. The summed E-state index contributed by atoms with van der Waals surface area (Å²) >= 11 is 0. The van der Waals surface area contributed by atoms with E-state index in [-0.39, 0.29) is 5.91 Å². The highest BCUT2D eigenvalue weighted by molar-refractivity contribution is 5.81. The summed E-state index contributed by atoms with van der Waals surface area (Å²) in [5, 5.41) is 0. The van der Waals surface area contributed by atoms with E-state index in [2.05, 4.69) is 26.0 Å². The predicted molar refractivity (Wildman–Crippen MR) is 79.8 cm³/mol. The van der Waals surface area contributed by atoms with Crippen LogP contribution < -0.4 is 5.73 Å². The van der Waals surface area contributed by atoms with E-state index in [9.17, 15) is 4.79 Å². The van der Waals surface area contributed by atoms with Crippen LogP contribution in [0.3, 0.4) is 0 Å².